The van der Waals surface area contributed by atoms with Gasteiger partial charge in [0.15, 0.2) is 5.60 Å². The highest BCUT2D eigenvalue weighted by Crippen LogP contribution is 2.56. The van der Waals surface area contributed by atoms with Crippen molar-refractivity contribution in [3.8, 4) is 11.5 Å². The zero-order chi connectivity index (χ0) is 35.9. The number of amides is 2. The SMILES string of the molecule is CC(C)(C)OC(=O)CC(N)C(=O)Nc1ccc2c(c1)Oc1cc(NC(=O)C(N)CC(=O)OC(C)(C)C)ccc1C21OC(=O)c2ccccc21. The first kappa shape index (κ1) is 35.0. The fourth-order valence-corrected chi connectivity index (χ4v) is 5.61. The predicted octanol–water partition coefficient (Wildman–Crippen LogP) is 4.25. The average molecular weight is 673 g/mol. The van der Waals surface area contributed by atoms with Gasteiger partial charge < -0.3 is 41.0 Å². The zero-order valence-electron chi connectivity index (χ0n) is 28.2. The van der Waals surface area contributed by atoms with Crippen LogP contribution in [-0.2, 0) is 39.0 Å². The van der Waals surface area contributed by atoms with Crippen LogP contribution in [-0.4, -0.2) is 53.0 Å². The lowest BCUT2D eigenvalue weighted by Gasteiger charge is -2.37. The van der Waals surface area contributed by atoms with E-state index >= 15 is 0 Å². The van der Waals surface area contributed by atoms with Gasteiger partial charge in [-0.25, -0.2) is 4.79 Å². The zero-order valence-corrected chi connectivity index (χ0v) is 28.2. The molecule has 0 bridgehead atoms. The third-order valence-corrected chi connectivity index (χ3v) is 7.54. The highest BCUT2D eigenvalue weighted by molar-refractivity contribution is 5.99. The molecule has 0 fully saturated rings. The number of esters is 3. The Morgan fingerprint density at radius 2 is 1.16 bits per heavy atom. The largest absolute Gasteiger partial charge is 0.460 e. The molecule has 0 saturated carbocycles. The number of rotatable bonds is 8. The molecule has 2 aliphatic heterocycles. The van der Waals surface area contributed by atoms with E-state index in [0.29, 0.717) is 33.6 Å². The number of carbonyl (C=O) groups excluding carboxylic acids is 5. The van der Waals surface area contributed by atoms with E-state index in [9.17, 15) is 24.0 Å². The van der Waals surface area contributed by atoms with E-state index in [1.165, 1.54) is 0 Å². The van der Waals surface area contributed by atoms with Crippen molar-refractivity contribution in [2.45, 2.75) is 83.3 Å². The van der Waals surface area contributed by atoms with Crippen LogP contribution in [0.3, 0.4) is 0 Å². The van der Waals surface area contributed by atoms with E-state index < -0.39 is 58.6 Å². The van der Waals surface area contributed by atoms with Gasteiger partial charge in [0.05, 0.1) is 30.5 Å². The molecule has 258 valence electrons. The van der Waals surface area contributed by atoms with E-state index in [-0.39, 0.29) is 24.3 Å². The molecule has 3 aromatic carbocycles. The van der Waals surface area contributed by atoms with Gasteiger partial charge in [-0.2, -0.15) is 0 Å². The maximum Gasteiger partial charge on any atom is 0.340 e. The third kappa shape index (κ3) is 7.58. The maximum absolute atomic E-state index is 13.2. The molecule has 2 heterocycles. The number of nitrogens with two attached hydrogens (primary N) is 2. The van der Waals surface area contributed by atoms with Gasteiger partial charge in [-0.3, -0.25) is 19.2 Å². The van der Waals surface area contributed by atoms with Gasteiger partial charge in [-0.15, -0.1) is 0 Å². The van der Waals surface area contributed by atoms with Crippen LogP contribution in [0.15, 0.2) is 60.7 Å². The minimum absolute atomic E-state index is 0.251. The smallest absolute Gasteiger partial charge is 0.340 e. The Kier molecular flexibility index (Phi) is 9.28. The van der Waals surface area contributed by atoms with Crippen LogP contribution in [0.25, 0.3) is 0 Å². The van der Waals surface area contributed by atoms with Crippen LogP contribution in [0.2, 0.25) is 0 Å². The normalized spacial score (nSPS) is 17.3. The summed E-state index contributed by atoms with van der Waals surface area (Å²) in [6.45, 7) is 10.3. The molecular weight excluding hydrogens is 632 g/mol. The Hall–Kier alpha value is -5.27. The van der Waals surface area contributed by atoms with E-state index in [2.05, 4.69) is 10.6 Å². The van der Waals surface area contributed by atoms with Crippen molar-refractivity contribution in [2.24, 2.45) is 11.5 Å². The molecule has 3 aromatic rings. The monoisotopic (exact) mass is 672 g/mol. The van der Waals surface area contributed by atoms with Crippen LogP contribution in [0, 0.1) is 0 Å². The van der Waals surface area contributed by atoms with Crippen LogP contribution in [0.5, 0.6) is 11.5 Å². The molecule has 13 heteroatoms. The lowest BCUT2D eigenvalue weighted by Crippen LogP contribution is -2.39. The first-order valence-corrected chi connectivity index (χ1v) is 15.7. The number of anilines is 2. The van der Waals surface area contributed by atoms with E-state index in [1.807, 2.05) is 0 Å². The number of hydrogen-bond donors (Lipinski definition) is 4. The summed E-state index contributed by atoms with van der Waals surface area (Å²) in [5.74, 6) is -2.51. The number of benzene rings is 3. The summed E-state index contributed by atoms with van der Waals surface area (Å²) in [4.78, 5) is 63.6. The van der Waals surface area contributed by atoms with Crippen molar-refractivity contribution < 1.29 is 42.9 Å². The highest BCUT2D eigenvalue weighted by Gasteiger charge is 2.53. The second-order valence-corrected chi connectivity index (χ2v) is 13.9. The number of ether oxygens (including phenoxy) is 4. The predicted molar refractivity (Wildman–Crippen MR) is 179 cm³/mol. The molecule has 0 aromatic heterocycles. The Labute approximate surface area is 283 Å². The molecule has 2 atom stereocenters. The second-order valence-electron chi connectivity index (χ2n) is 13.9. The van der Waals surface area contributed by atoms with Gasteiger partial charge in [0, 0.05) is 40.2 Å². The van der Waals surface area contributed by atoms with Crippen LogP contribution >= 0.6 is 0 Å². The molecule has 1 spiro atoms. The summed E-state index contributed by atoms with van der Waals surface area (Å²) in [6, 6.07) is 14.3. The number of fused-ring (bicyclic) bond motifs is 6. The van der Waals surface area contributed by atoms with Crippen molar-refractivity contribution in [3.63, 3.8) is 0 Å². The topological polar surface area (TPSA) is 198 Å². The molecule has 6 N–H and O–H groups in total. The fraction of sp³-hybridized carbons (Fsp3) is 0.361. The van der Waals surface area contributed by atoms with Gasteiger partial charge in [0.25, 0.3) is 0 Å². The van der Waals surface area contributed by atoms with Gasteiger partial charge in [0.2, 0.25) is 11.8 Å². The molecule has 0 saturated heterocycles. The minimum atomic E-state index is -1.41. The highest BCUT2D eigenvalue weighted by atomic mass is 16.6. The van der Waals surface area contributed by atoms with Gasteiger partial charge in [-0.05, 0) is 71.9 Å². The Morgan fingerprint density at radius 3 is 1.61 bits per heavy atom. The van der Waals surface area contributed by atoms with Crippen molar-refractivity contribution in [1.82, 2.24) is 0 Å². The summed E-state index contributed by atoms with van der Waals surface area (Å²) in [5.41, 5.74) is 11.7. The molecule has 2 aliphatic rings. The number of hydrogen-bond acceptors (Lipinski definition) is 11. The quantitative estimate of drug-likeness (QED) is 0.197. The van der Waals surface area contributed by atoms with Crippen molar-refractivity contribution in [3.05, 3.63) is 82.9 Å². The van der Waals surface area contributed by atoms with Gasteiger partial charge in [-0.1, -0.05) is 18.2 Å². The molecule has 2 amide bonds. The minimum Gasteiger partial charge on any atom is -0.460 e. The van der Waals surface area contributed by atoms with Gasteiger partial charge in [0.1, 0.15) is 22.7 Å². The summed E-state index contributed by atoms with van der Waals surface area (Å²) >= 11 is 0. The van der Waals surface area contributed by atoms with Crippen LogP contribution < -0.4 is 26.8 Å². The first-order valence-electron chi connectivity index (χ1n) is 15.7. The standard InChI is InChI=1S/C36H40N4O9/c1-34(2,3)47-29(41)17-25(37)31(43)39-19-11-13-23-27(15-19)46-28-16-20(40-32(44)26(38)18-30(42)48-35(4,5)6)12-14-24(28)36(23)22-10-8-7-9-21(22)33(45)49-36/h7-16,25-26H,17-18,37-38H2,1-6H3,(H,39,43)(H,40,44). The van der Waals surface area contributed by atoms with Crippen molar-refractivity contribution in [2.75, 3.05) is 10.6 Å². The molecule has 2 unspecified atom stereocenters. The molecule has 0 aliphatic carbocycles. The lowest BCUT2D eigenvalue weighted by molar-refractivity contribution is -0.156. The molecule has 13 nitrogen and oxygen atoms in total. The summed E-state index contributed by atoms with van der Waals surface area (Å²) in [5, 5.41) is 5.40. The van der Waals surface area contributed by atoms with E-state index in [0.717, 1.165) is 0 Å². The van der Waals surface area contributed by atoms with E-state index in [4.69, 9.17) is 30.4 Å². The summed E-state index contributed by atoms with van der Waals surface area (Å²) in [7, 11) is 0. The van der Waals surface area contributed by atoms with Crippen LogP contribution in [0.4, 0.5) is 11.4 Å². The Morgan fingerprint density at radius 1 is 0.714 bits per heavy atom. The molecule has 0 radical (unpaired) electrons. The van der Waals surface area contributed by atoms with E-state index in [1.54, 1.807) is 102 Å². The lowest BCUT2D eigenvalue weighted by atomic mass is 9.77. The fourth-order valence-electron chi connectivity index (χ4n) is 5.61. The number of nitrogens with one attached hydrogen (secondary N) is 2. The Balaban J connectivity index is 1.44. The summed E-state index contributed by atoms with van der Waals surface area (Å²) in [6.07, 6.45) is -0.659. The van der Waals surface area contributed by atoms with Crippen molar-refractivity contribution >= 4 is 41.1 Å². The Bertz CT molecular complexity index is 1740. The maximum atomic E-state index is 13.2. The second kappa shape index (κ2) is 13.0. The number of carbonyl (C=O) groups is 5. The van der Waals surface area contributed by atoms with Crippen LogP contribution in [0.1, 0.15) is 81.4 Å². The van der Waals surface area contributed by atoms with Crippen molar-refractivity contribution in [1.29, 1.82) is 0 Å². The first-order chi connectivity index (χ1) is 22.9. The molecule has 5 rings (SSSR count). The van der Waals surface area contributed by atoms with Gasteiger partial charge >= 0.3 is 17.9 Å². The summed E-state index contributed by atoms with van der Waals surface area (Å²) < 4.78 is 23.0. The molecular formula is C36H40N4O9. The average Bonchev–Trinajstić information content (AvgIpc) is 3.27. The third-order valence-electron chi connectivity index (χ3n) is 7.54. The molecule has 49 heavy (non-hydrogen) atoms.